The zero-order valence-corrected chi connectivity index (χ0v) is 7.98. The molecule has 0 unspecified atom stereocenters. The van der Waals surface area contributed by atoms with Gasteiger partial charge in [-0.25, -0.2) is 8.78 Å². The third-order valence-electron chi connectivity index (χ3n) is 1.72. The Bertz CT molecular complexity index is 470. The quantitative estimate of drug-likeness (QED) is 0.582. The molecule has 0 saturated heterocycles. The standard InChI is InChI=1S/C8H5F2N3O3/c1-16-5-2-6(13(14)15)12-7(8(9)10)4(5)3-11/h2,8H,1H3. The minimum absolute atomic E-state index is 0.292. The lowest BCUT2D eigenvalue weighted by atomic mass is 10.2. The van der Waals surface area contributed by atoms with Crippen LogP contribution in [0.5, 0.6) is 5.75 Å². The Labute approximate surface area is 88.2 Å². The van der Waals surface area contributed by atoms with Crippen molar-refractivity contribution in [2.75, 3.05) is 7.11 Å². The molecule has 1 rings (SSSR count). The van der Waals surface area contributed by atoms with E-state index in [1.165, 1.54) is 6.07 Å². The van der Waals surface area contributed by atoms with E-state index in [9.17, 15) is 18.9 Å². The van der Waals surface area contributed by atoms with Crippen molar-refractivity contribution >= 4 is 5.82 Å². The van der Waals surface area contributed by atoms with Crippen molar-refractivity contribution in [3.63, 3.8) is 0 Å². The Morgan fingerprint density at radius 2 is 2.31 bits per heavy atom. The molecule has 0 saturated carbocycles. The number of nitriles is 1. The fraction of sp³-hybridized carbons (Fsp3) is 0.250. The molecule has 84 valence electrons. The molecule has 8 heteroatoms. The monoisotopic (exact) mass is 229 g/mol. The van der Waals surface area contributed by atoms with Crippen LogP contribution in [0.4, 0.5) is 14.6 Å². The van der Waals surface area contributed by atoms with Crippen LogP contribution in [0, 0.1) is 21.4 Å². The summed E-state index contributed by atoms with van der Waals surface area (Å²) in [4.78, 5) is 12.6. The zero-order chi connectivity index (χ0) is 12.3. The number of nitro groups is 1. The number of hydrogen-bond donors (Lipinski definition) is 0. The Balaban J connectivity index is 3.51. The highest BCUT2D eigenvalue weighted by molar-refractivity contribution is 5.50. The van der Waals surface area contributed by atoms with Crippen molar-refractivity contribution in [3.8, 4) is 11.8 Å². The maximum absolute atomic E-state index is 12.5. The van der Waals surface area contributed by atoms with E-state index in [-0.39, 0.29) is 5.75 Å². The summed E-state index contributed by atoms with van der Waals surface area (Å²) in [7, 11) is 1.12. The Kier molecular flexibility index (Phi) is 3.30. The molecule has 16 heavy (non-hydrogen) atoms. The molecule has 1 aromatic heterocycles. The average Bonchev–Trinajstić information content (AvgIpc) is 2.26. The van der Waals surface area contributed by atoms with Crippen LogP contribution in [0.2, 0.25) is 0 Å². The van der Waals surface area contributed by atoms with Gasteiger partial charge in [-0.15, -0.1) is 0 Å². The van der Waals surface area contributed by atoms with Gasteiger partial charge >= 0.3 is 12.2 Å². The fourth-order valence-electron chi connectivity index (χ4n) is 1.05. The number of pyridine rings is 1. The molecule has 0 spiro atoms. The molecule has 1 heterocycles. The van der Waals surface area contributed by atoms with E-state index in [1.54, 1.807) is 0 Å². The van der Waals surface area contributed by atoms with Gasteiger partial charge in [0, 0.05) is 0 Å². The number of hydrogen-bond acceptors (Lipinski definition) is 5. The number of ether oxygens (including phenoxy) is 1. The second-order valence-electron chi connectivity index (χ2n) is 2.61. The van der Waals surface area contributed by atoms with Gasteiger partial charge in [0.15, 0.2) is 0 Å². The second-order valence-corrected chi connectivity index (χ2v) is 2.61. The number of alkyl halides is 2. The number of rotatable bonds is 3. The maximum Gasteiger partial charge on any atom is 0.367 e. The highest BCUT2D eigenvalue weighted by Crippen LogP contribution is 2.30. The summed E-state index contributed by atoms with van der Waals surface area (Å²) in [5, 5.41) is 19.0. The summed E-state index contributed by atoms with van der Waals surface area (Å²) < 4.78 is 29.6. The predicted molar refractivity (Wildman–Crippen MR) is 47.1 cm³/mol. The molecule has 1 aromatic rings. The van der Waals surface area contributed by atoms with Gasteiger partial charge in [-0.3, -0.25) is 0 Å². The van der Waals surface area contributed by atoms with Crippen LogP contribution in [0.15, 0.2) is 6.07 Å². The lowest BCUT2D eigenvalue weighted by Gasteiger charge is -2.04. The summed E-state index contributed by atoms with van der Waals surface area (Å²) in [5.41, 5.74) is -1.45. The largest absolute Gasteiger partial charge is 0.495 e. The number of halogens is 2. The first-order chi connectivity index (χ1) is 7.51. The lowest BCUT2D eigenvalue weighted by Crippen LogP contribution is -2.03. The first kappa shape index (κ1) is 11.8. The molecule has 0 radical (unpaired) electrons. The Morgan fingerprint density at radius 3 is 2.69 bits per heavy atom. The summed E-state index contributed by atoms with van der Waals surface area (Å²) in [6.07, 6.45) is -3.08. The number of aromatic nitrogens is 1. The van der Waals surface area contributed by atoms with E-state index in [4.69, 9.17) is 5.26 Å². The minimum atomic E-state index is -3.08. The topological polar surface area (TPSA) is 89.1 Å². The first-order valence-electron chi connectivity index (χ1n) is 3.92. The first-order valence-corrected chi connectivity index (χ1v) is 3.92. The van der Waals surface area contributed by atoms with Gasteiger partial charge < -0.3 is 14.9 Å². The van der Waals surface area contributed by atoms with Crippen molar-refractivity contribution in [1.82, 2.24) is 4.98 Å². The van der Waals surface area contributed by atoms with Crippen molar-refractivity contribution in [2.24, 2.45) is 0 Å². The Morgan fingerprint density at radius 1 is 1.69 bits per heavy atom. The lowest BCUT2D eigenvalue weighted by molar-refractivity contribution is -0.389. The summed E-state index contributed by atoms with van der Waals surface area (Å²) in [6.45, 7) is 0. The van der Waals surface area contributed by atoms with Crippen LogP contribution >= 0.6 is 0 Å². The van der Waals surface area contributed by atoms with E-state index in [0.717, 1.165) is 13.2 Å². The van der Waals surface area contributed by atoms with Crippen LogP contribution < -0.4 is 4.74 Å². The van der Waals surface area contributed by atoms with E-state index in [1.807, 2.05) is 0 Å². The van der Waals surface area contributed by atoms with Crippen LogP contribution in [0.3, 0.4) is 0 Å². The predicted octanol–water partition coefficient (Wildman–Crippen LogP) is 1.81. The van der Waals surface area contributed by atoms with Crippen LogP contribution in [-0.2, 0) is 0 Å². The van der Waals surface area contributed by atoms with Crippen LogP contribution in [0.1, 0.15) is 17.7 Å². The number of methoxy groups -OCH3 is 1. The SMILES string of the molecule is COc1cc([N+](=O)[O-])nc(C(F)F)c1C#N. The van der Waals surface area contributed by atoms with Crippen molar-refractivity contribution in [3.05, 3.63) is 27.4 Å². The minimum Gasteiger partial charge on any atom is -0.495 e. The molecule has 0 fully saturated rings. The van der Waals surface area contributed by atoms with E-state index in [0.29, 0.717) is 0 Å². The van der Waals surface area contributed by atoms with Gasteiger partial charge in [-0.2, -0.15) is 5.26 Å². The van der Waals surface area contributed by atoms with Crippen molar-refractivity contribution in [2.45, 2.75) is 6.43 Å². The Hall–Kier alpha value is -2.30. The highest BCUT2D eigenvalue weighted by atomic mass is 19.3. The molecule has 0 bridgehead atoms. The van der Waals surface area contributed by atoms with Gasteiger partial charge in [0.25, 0.3) is 0 Å². The molecule has 0 aromatic carbocycles. The van der Waals surface area contributed by atoms with Crippen LogP contribution in [0.25, 0.3) is 0 Å². The second kappa shape index (κ2) is 4.48. The van der Waals surface area contributed by atoms with Gasteiger partial charge in [0.1, 0.15) is 17.4 Å². The summed E-state index contributed by atoms with van der Waals surface area (Å²) >= 11 is 0. The third kappa shape index (κ3) is 2.03. The summed E-state index contributed by atoms with van der Waals surface area (Å²) in [5.74, 6) is -1.08. The van der Waals surface area contributed by atoms with Crippen molar-refractivity contribution < 1.29 is 18.4 Å². The third-order valence-corrected chi connectivity index (χ3v) is 1.72. The normalized spacial score (nSPS) is 9.94. The molecular weight excluding hydrogens is 224 g/mol. The molecule has 0 amide bonds. The van der Waals surface area contributed by atoms with Gasteiger partial charge in [-0.1, -0.05) is 0 Å². The van der Waals surface area contributed by atoms with Gasteiger partial charge in [0.2, 0.25) is 5.69 Å². The molecule has 0 N–H and O–H groups in total. The maximum atomic E-state index is 12.5. The van der Waals surface area contributed by atoms with E-state index in [2.05, 4.69) is 9.72 Å². The highest BCUT2D eigenvalue weighted by Gasteiger charge is 2.27. The number of nitrogens with zero attached hydrogens (tertiary/aromatic N) is 3. The van der Waals surface area contributed by atoms with Crippen molar-refractivity contribution in [1.29, 1.82) is 5.26 Å². The van der Waals surface area contributed by atoms with Crippen LogP contribution in [-0.4, -0.2) is 17.0 Å². The average molecular weight is 229 g/mol. The van der Waals surface area contributed by atoms with Gasteiger partial charge in [-0.05, 0) is 9.91 Å². The molecule has 0 atom stereocenters. The smallest absolute Gasteiger partial charge is 0.367 e. The van der Waals surface area contributed by atoms with E-state index >= 15 is 0 Å². The summed E-state index contributed by atoms with van der Waals surface area (Å²) in [6, 6.07) is 2.30. The molecule has 6 nitrogen and oxygen atoms in total. The molecule has 0 aliphatic rings. The fourth-order valence-corrected chi connectivity index (χ4v) is 1.05. The molecular formula is C8H5F2N3O3. The van der Waals surface area contributed by atoms with Gasteiger partial charge in [0.05, 0.1) is 13.2 Å². The van der Waals surface area contributed by atoms with E-state index < -0.39 is 28.4 Å². The molecule has 0 aliphatic heterocycles. The molecule has 0 aliphatic carbocycles. The zero-order valence-electron chi connectivity index (χ0n) is 7.98.